The molecular weight excluding hydrogens is 218 g/mol. The van der Waals surface area contributed by atoms with Gasteiger partial charge >= 0.3 is 5.97 Å². The van der Waals surface area contributed by atoms with Gasteiger partial charge in [0.25, 0.3) is 0 Å². The van der Waals surface area contributed by atoms with E-state index in [0.29, 0.717) is 19.4 Å². The minimum atomic E-state index is -0.799. The third-order valence-electron chi connectivity index (χ3n) is 2.46. The fourth-order valence-corrected chi connectivity index (χ4v) is 1.60. The van der Waals surface area contributed by atoms with Crippen LogP contribution in [0.25, 0.3) is 0 Å². The second-order valence-corrected chi connectivity index (χ2v) is 3.97. The normalized spacial score (nSPS) is 12.1. The van der Waals surface area contributed by atoms with E-state index in [1.807, 2.05) is 31.2 Å². The molecule has 1 rings (SSSR count). The topological polar surface area (TPSA) is 72.5 Å². The van der Waals surface area contributed by atoms with Crippen molar-refractivity contribution in [2.45, 2.75) is 32.2 Å². The zero-order chi connectivity index (χ0) is 12.7. The Balaban J connectivity index is 2.42. The van der Waals surface area contributed by atoms with Crippen molar-refractivity contribution in [3.63, 3.8) is 0 Å². The lowest BCUT2D eigenvalue weighted by Crippen LogP contribution is -2.23. The maximum Gasteiger partial charge on any atom is 0.303 e. The summed E-state index contributed by atoms with van der Waals surface area (Å²) in [5.41, 5.74) is 6.96. The van der Waals surface area contributed by atoms with Crippen LogP contribution in [0.5, 0.6) is 5.75 Å². The number of carboxylic acid groups (broad SMARTS) is 1. The second-order valence-electron chi connectivity index (χ2n) is 3.97. The van der Waals surface area contributed by atoms with E-state index in [0.717, 1.165) is 11.3 Å². The van der Waals surface area contributed by atoms with Crippen LogP contribution in [-0.4, -0.2) is 23.7 Å². The smallest absolute Gasteiger partial charge is 0.303 e. The van der Waals surface area contributed by atoms with Crippen molar-refractivity contribution in [2.24, 2.45) is 5.73 Å². The molecule has 1 unspecified atom stereocenters. The highest BCUT2D eigenvalue weighted by Gasteiger charge is 2.07. The molecule has 17 heavy (non-hydrogen) atoms. The molecule has 0 aliphatic heterocycles. The van der Waals surface area contributed by atoms with Gasteiger partial charge in [0, 0.05) is 12.5 Å². The van der Waals surface area contributed by atoms with Gasteiger partial charge in [0.15, 0.2) is 0 Å². The molecular formula is C13H19NO3. The van der Waals surface area contributed by atoms with Crippen LogP contribution in [-0.2, 0) is 11.2 Å². The highest BCUT2D eigenvalue weighted by molar-refractivity contribution is 5.66. The molecule has 0 aromatic heterocycles. The zero-order valence-corrected chi connectivity index (χ0v) is 10.1. The van der Waals surface area contributed by atoms with E-state index in [4.69, 9.17) is 15.6 Å². The molecule has 0 bridgehead atoms. The maximum absolute atomic E-state index is 10.4. The summed E-state index contributed by atoms with van der Waals surface area (Å²) in [7, 11) is 0. The molecule has 3 N–H and O–H groups in total. The highest BCUT2D eigenvalue weighted by Crippen LogP contribution is 2.13. The van der Waals surface area contributed by atoms with Crippen molar-refractivity contribution >= 4 is 5.97 Å². The summed E-state index contributed by atoms with van der Waals surface area (Å²) in [6.45, 7) is 2.59. The SMILES string of the molecule is CCOc1ccc(CC(N)CCC(=O)O)cc1. The second kappa shape index (κ2) is 6.91. The van der Waals surface area contributed by atoms with E-state index < -0.39 is 5.97 Å². The largest absolute Gasteiger partial charge is 0.494 e. The van der Waals surface area contributed by atoms with E-state index >= 15 is 0 Å². The first kappa shape index (κ1) is 13.5. The average Bonchev–Trinajstić information content (AvgIpc) is 2.29. The van der Waals surface area contributed by atoms with Crippen LogP contribution in [0.1, 0.15) is 25.3 Å². The molecule has 0 heterocycles. The Kier molecular flexibility index (Phi) is 5.49. The molecule has 0 radical (unpaired) electrons. The minimum Gasteiger partial charge on any atom is -0.494 e. The van der Waals surface area contributed by atoms with Gasteiger partial charge in [0.2, 0.25) is 0 Å². The summed E-state index contributed by atoms with van der Waals surface area (Å²) >= 11 is 0. The number of aliphatic carboxylic acids is 1. The van der Waals surface area contributed by atoms with E-state index in [2.05, 4.69) is 0 Å². The lowest BCUT2D eigenvalue weighted by atomic mass is 10.0. The van der Waals surface area contributed by atoms with Crippen LogP contribution in [0.15, 0.2) is 24.3 Å². The lowest BCUT2D eigenvalue weighted by molar-refractivity contribution is -0.137. The Labute approximate surface area is 101 Å². The molecule has 0 amide bonds. The van der Waals surface area contributed by atoms with Gasteiger partial charge in [0.05, 0.1) is 6.61 Å². The van der Waals surface area contributed by atoms with Gasteiger partial charge in [-0.05, 0) is 37.5 Å². The molecule has 0 fully saturated rings. The molecule has 0 saturated carbocycles. The van der Waals surface area contributed by atoms with Crippen molar-refractivity contribution in [3.8, 4) is 5.75 Å². The predicted octanol–water partition coefficient (Wildman–Crippen LogP) is 1.82. The third-order valence-corrected chi connectivity index (χ3v) is 2.46. The number of nitrogens with two attached hydrogens (primary N) is 1. The van der Waals surface area contributed by atoms with Gasteiger partial charge in [0.1, 0.15) is 5.75 Å². The Hall–Kier alpha value is -1.55. The van der Waals surface area contributed by atoms with Crippen LogP contribution in [0.4, 0.5) is 0 Å². The zero-order valence-electron chi connectivity index (χ0n) is 10.1. The van der Waals surface area contributed by atoms with Gasteiger partial charge in [-0.3, -0.25) is 4.79 Å². The molecule has 94 valence electrons. The molecule has 4 nitrogen and oxygen atoms in total. The van der Waals surface area contributed by atoms with Crippen LogP contribution in [0, 0.1) is 0 Å². The predicted molar refractivity (Wildman–Crippen MR) is 66.2 cm³/mol. The number of benzene rings is 1. The Morgan fingerprint density at radius 2 is 2.06 bits per heavy atom. The first-order valence-corrected chi connectivity index (χ1v) is 5.81. The Morgan fingerprint density at radius 1 is 1.41 bits per heavy atom. The van der Waals surface area contributed by atoms with Gasteiger partial charge in [-0.15, -0.1) is 0 Å². The molecule has 0 aliphatic carbocycles. The molecule has 1 aromatic carbocycles. The van der Waals surface area contributed by atoms with Crippen molar-refractivity contribution in [3.05, 3.63) is 29.8 Å². The van der Waals surface area contributed by atoms with E-state index in [9.17, 15) is 4.79 Å². The molecule has 0 aliphatic rings. The standard InChI is InChI=1S/C13H19NO3/c1-2-17-12-6-3-10(4-7-12)9-11(14)5-8-13(15)16/h3-4,6-7,11H,2,5,8-9,14H2,1H3,(H,15,16). The summed E-state index contributed by atoms with van der Waals surface area (Å²) in [5.74, 6) is 0.0440. The van der Waals surface area contributed by atoms with Crippen molar-refractivity contribution in [1.29, 1.82) is 0 Å². The number of hydrogen-bond donors (Lipinski definition) is 2. The van der Waals surface area contributed by atoms with Gasteiger partial charge in [-0.2, -0.15) is 0 Å². The first-order valence-electron chi connectivity index (χ1n) is 5.81. The number of ether oxygens (including phenoxy) is 1. The van der Waals surface area contributed by atoms with Crippen molar-refractivity contribution in [1.82, 2.24) is 0 Å². The van der Waals surface area contributed by atoms with Gasteiger partial charge < -0.3 is 15.6 Å². The van der Waals surface area contributed by atoms with Gasteiger partial charge in [-0.1, -0.05) is 12.1 Å². The van der Waals surface area contributed by atoms with Crippen LogP contribution in [0.2, 0.25) is 0 Å². The Bertz CT molecular complexity index is 348. The molecule has 1 aromatic rings. The maximum atomic E-state index is 10.4. The fraction of sp³-hybridized carbons (Fsp3) is 0.462. The van der Waals surface area contributed by atoms with Crippen molar-refractivity contribution < 1.29 is 14.6 Å². The lowest BCUT2D eigenvalue weighted by Gasteiger charge is -2.10. The summed E-state index contributed by atoms with van der Waals surface area (Å²) in [6.07, 6.45) is 1.32. The Morgan fingerprint density at radius 3 is 2.59 bits per heavy atom. The molecule has 4 heteroatoms. The minimum absolute atomic E-state index is 0.107. The summed E-state index contributed by atoms with van der Waals surface area (Å²) in [6, 6.07) is 7.63. The number of carboxylic acids is 1. The average molecular weight is 237 g/mol. The van der Waals surface area contributed by atoms with E-state index in [1.54, 1.807) is 0 Å². The summed E-state index contributed by atoms with van der Waals surface area (Å²) in [5, 5.41) is 8.55. The number of carbonyl (C=O) groups is 1. The monoisotopic (exact) mass is 237 g/mol. The van der Waals surface area contributed by atoms with Crippen LogP contribution in [0.3, 0.4) is 0 Å². The highest BCUT2D eigenvalue weighted by atomic mass is 16.5. The summed E-state index contributed by atoms with van der Waals surface area (Å²) < 4.78 is 5.34. The fourth-order valence-electron chi connectivity index (χ4n) is 1.60. The number of rotatable bonds is 7. The quantitative estimate of drug-likeness (QED) is 0.758. The van der Waals surface area contributed by atoms with Gasteiger partial charge in [-0.25, -0.2) is 0 Å². The molecule has 1 atom stereocenters. The van der Waals surface area contributed by atoms with Crippen LogP contribution >= 0.6 is 0 Å². The van der Waals surface area contributed by atoms with Crippen molar-refractivity contribution in [2.75, 3.05) is 6.61 Å². The van der Waals surface area contributed by atoms with E-state index in [1.165, 1.54) is 0 Å². The van der Waals surface area contributed by atoms with Crippen LogP contribution < -0.4 is 10.5 Å². The van der Waals surface area contributed by atoms with E-state index in [-0.39, 0.29) is 12.5 Å². The third kappa shape index (κ3) is 5.36. The number of hydrogen-bond acceptors (Lipinski definition) is 3. The molecule has 0 saturated heterocycles. The molecule has 0 spiro atoms. The first-order chi connectivity index (χ1) is 8.11. The summed E-state index contributed by atoms with van der Waals surface area (Å²) in [4.78, 5) is 10.4.